The van der Waals surface area contributed by atoms with Crippen molar-refractivity contribution in [3.05, 3.63) is 70.8 Å². The second kappa shape index (κ2) is 9.05. The average molecular weight is 440 g/mol. The number of urea groups is 1. The van der Waals surface area contributed by atoms with Gasteiger partial charge in [-0.1, -0.05) is 41.9 Å². The Morgan fingerprint density at radius 2 is 2.03 bits per heavy atom. The molecule has 1 aliphatic rings. The quantitative estimate of drug-likeness (QED) is 0.488. The molecule has 0 saturated carbocycles. The van der Waals surface area contributed by atoms with E-state index >= 15 is 0 Å². The summed E-state index contributed by atoms with van der Waals surface area (Å²) in [4.78, 5) is 30.6. The van der Waals surface area contributed by atoms with Gasteiger partial charge in [0.25, 0.3) is 0 Å². The van der Waals surface area contributed by atoms with Crippen LogP contribution in [0.25, 0.3) is 0 Å². The molecule has 2 heterocycles. The summed E-state index contributed by atoms with van der Waals surface area (Å²) in [5, 5.41) is 16.0. The maximum atomic E-state index is 12.7. The number of aryl methyl sites for hydroxylation is 1. The van der Waals surface area contributed by atoms with Gasteiger partial charge < -0.3 is 20.9 Å². The largest absolute Gasteiger partial charge is 0.359 e. The minimum Gasteiger partial charge on any atom is -0.359 e. The molecule has 3 amide bonds. The number of piperazine rings is 1. The van der Waals surface area contributed by atoms with E-state index in [1.807, 2.05) is 35.2 Å². The van der Waals surface area contributed by atoms with E-state index in [0.29, 0.717) is 35.4 Å². The van der Waals surface area contributed by atoms with Gasteiger partial charge in [0.05, 0.1) is 17.3 Å². The molecule has 1 saturated heterocycles. The number of rotatable bonds is 5. The molecule has 1 aliphatic heterocycles. The van der Waals surface area contributed by atoms with Crippen LogP contribution >= 0.6 is 11.6 Å². The first-order valence-corrected chi connectivity index (χ1v) is 10.2. The molecule has 1 unspecified atom stereocenters. The zero-order valence-electron chi connectivity index (χ0n) is 16.9. The highest BCUT2D eigenvalue weighted by Gasteiger charge is 2.22. The van der Waals surface area contributed by atoms with Crippen molar-refractivity contribution in [1.82, 2.24) is 25.8 Å². The molecule has 10 heteroatoms. The Labute approximate surface area is 184 Å². The molecule has 1 aromatic heterocycles. The molecule has 0 bridgehead atoms. The van der Waals surface area contributed by atoms with Crippen LogP contribution in [0.1, 0.15) is 23.3 Å². The fraction of sp³-hybridized carbons (Fsp3) is 0.238. The van der Waals surface area contributed by atoms with Crippen LogP contribution in [-0.4, -0.2) is 46.8 Å². The van der Waals surface area contributed by atoms with E-state index in [1.54, 1.807) is 25.1 Å². The number of anilines is 2. The van der Waals surface area contributed by atoms with Crippen LogP contribution in [-0.2, 0) is 4.79 Å². The number of carbonyl (C=O) groups excluding carboxylic acids is 2. The lowest BCUT2D eigenvalue weighted by Crippen LogP contribution is -2.47. The molecule has 31 heavy (non-hydrogen) atoms. The smallest absolute Gasteiger partial charge is 0.320 e. The van der Waals surface area contributed by atoms with Gasteiger partial charge in [0.15, 0.2) is 5.82 Å². The summed E-state index contributed by atoms with van der Waals surface area (Å²) in [6, 6.07) is 13.8. The lowest BCUT2D eigenvalue weighted by molar-refractivity contribution is -0.120. The van der Waals surface area contributed by atoms with Crippen molar-refractivity contribution < 1.29 is 9.59 Å². The zero-order chi connectivity index (χ0) is 21.8. The summed E-state index contributed by atoms with van der Waals surface area (Å²) in [5.41, 5.74) is 2.14. The Morgan fingerprint density at radius 1 is 1.23 bits per heavy atom. The van der Waals surface area contributed by atoms with Gasteiger partial charge in [0.2, 0.25) is 5.91 Å². The van der Waals surface area contributed by atoms with Crippen LogP contribution in [0.5, 0.6) is 0 Å². The highest BCUT2D eigenvalue weighted by atomic mass is 35.5. The summed E-state index contributed by atoms with van der Waals surface area (Å²) >= 11 is 6.42. The first-order chi connectivity index (χ1) is 15.0. The number of H-pyrrole nitrogens is 1. The van der Waals surface area contributed by atoms with Gasteiger partial charge in [-0.2, -0.15) is 5.10 Å². The zero-order valence-corrected chi connectivity index (χ0v) is 17.6. The molecule has 9 nitrogen and oxygen atoms in total. The molecule has 0 spiro atoms. The molecule has 1 fully saturated rings. The van der Waals surface area contributed by atoms with Crippen LogP contribution in [0.15, 0.2) is 48.5 Å². The standard InChI is InChI=1S/C21H22ClN7O2/c1-13-24-20(28-27-13)19(14-5-3-2-4-6-14)26-21(31)25-15-7-8-17(16(22)11-15)29-10-9-23-18(30)12-29/h2-8,11,19H,9-10,12H2,1H3,(H,23,30)(H,24,27,28)(H2,25,26,31). The number of nitrogens with one attached hydrogen (secondary N) is 4. The van der Waals surface area contributed by atoms with E-state index < -0.39 is 12.1 Å². The fourth-order valence-corrected chi connectivity index (χ4v) is 3.72. The number of carbonyl (C=O) groups is 2. The Kier molecular flexibility index (Phi) is 6.03. The molecule has 160 valence electrons. The molecule has 0 aliphatic carbocycles. The molecular formula is C21H22ClN7O2. The predicted octanol–water partition coefficient (Wildman–Crippen LogP) is 2.61. The van der Waals surface area contributed by atoms with Gasteiger partial charge in [0.1, 0.15) is 11.9 Å². The number of hydrogen-bond acceptors (Lipinski definition) is 5. The van der Waals surface area contributed by atoms with E-state index in [1.165, 1.54) is 0 Å². The predicted molar refractivity (Wildman–Crippen MR) is 118 cm³/mol. The molecule has 2 aromatic carbocycles. The minimum absolute atomic E-state index is 0.0435. The first kappa shape index (κ1) is 20.7. The van der Waals surface area contributed by atoms with Gasteiger partial charge in [-0.3, -0.25) is 9.89 Å². The van der Waals surface area contributed by atoms with Crippen molar-refractivity contribution in [3.8, 4) is 0 Å². The van der Waals surface area contributed by atoms with E-state index in [0.717, 1.165) is 11.3 Å². The number of hydrogen-bond donors (Lipinski definition) is 4. The van der Waals surface area contributed by atoms with Crippen molar-refractivity contribution in [3.63, 3.8) is 0 Å². The van der Waals surface area contributed by atoms with Crippen LogP contribution in [0.2, 0.25) is 5.02 Å². The summed E-state index contributed by atoms with van der Waals surface area (Å²) < 4.78 is 0. The number of halogens is 1. The van der Waals surface area contributed by atoms with Gasteiger partial charge in [-0.15, -0.1) is 0 Å². The van der Waals surface area contributed by atoms with Crippen molar-refractivity contribution in [1.29, 1.82) is 0 Å². The average Bonchev–Trinajstić information content (AvgIpc) is 3.19. The maximum absolute atomic E-state index is 12.7. The number of aromatic nitrogens is 3. The topological polar surface area (TPSA) is 115 Å². The number of aromatic amines is 1. The van der Waals surface area contributed by atoms with Crippen LogP contribution in [0.4, 0.5) is 16.2 Å². The lowest BCUT2D eigenvalue weighted by atomic mass is 10.1. The van der Waals surface area contributed by atoms with E-state index in [4.69, 9.17) is 11.6 Å². The van der Waals surface area contributed by atoms with Crippen LogP contribution in [0, 0.1) is 6.92 Å². The number of nitrogens with zero attached hydrogens (tertiary/aromatic N) is 3. The van der Waals surface area contributed by atoms with E-state index in [-0.39, 0.29) is 12.5 Å². The Morgan fingerprint density at radius 3 is 2.71 bits per heavy atom. The van der Waals surface area contributed by atoms with Crippen LogP contribution in [0.3, 0.4) is 0 Å². The van der Waals surface area contributed by atoms with E-state index in [2.05, 4.69) is 31.1 Å². The van der Waals surface area contributed by atoms with Crippen molar-refractivity contribution in [2.24, 2.45) is 0 Å². The summed E-state index contributed by atoms with van der Waals surface area (Å²) in [5.74, 6) is 1.08. The van der Waals surface area contributed by atoms with Crippen molar-refractivity contribution in [2.75, 3.05) is 29.9 Å². The molecular weight excluding hydrogens is 418 g/mol. The normalized spacial score (nSPS) is 14.6. The Balaban J connectivity index is 1.48. The first-order valence-electron chi connectivity index (χ1n) is 9.82. The monoisotopic (exact) mass is 439 g/mol. The van der Waals surface area contributed by atoms with Gasteiger partial charge in [0, 0.05) is 18.8 Å². The van der Waals surface area contributed by atoms with Crippen LogP contribution < -0.4 is 20.9 Å². The highest BCUT2D eigenvalue weighted by molar-refractivity contribution is 6.33. The van der Waals surface area contributed by atoms with Gasteiger partial charge >= 0.3 is 6.03 Å². The van der Waals surface area contributed by atoms with Gasteiger partial charge in [-0.05, 0) is 30.7 Å². The highest BCUT2D eigenvalue weighted by Crippen LogP contribution is 2.29. The Bertz CT molecular complexity index is 1090. The lowest BCUT2D eigenvalue weighted by Gasteiger charge is -2.29. The SMILES string of the molecule is Cc1nc(C(NC(=O)Nc2ccc(N3CCNC(=O)C3)c(Cl)c2)c2ccccc2)n[nH]1. The third-order valence-electron chi connectivity index (χ3n) is 4.87. The molecule has 1 atom stereocenters. The number of amides is 3. The number of benzene rings is 2. The maximum Gasteiger partial charge on any atom is 0.320 e. The second-order valence-electron chi connectivity index (χ2n) is 7.16. The molecule has 4 N–H and O–H groups in total. The second-order valence-corrected chi connectivity index (χ2v) is 7.57. The molecule has 0 radical (unpaired) electrons. The third kappa shape index (κ3) is 4.95. The van der Waals surface area contributed by atoms with Crippen molar-refractivity contribution >= 4 is 34.9 Å². The van der Waals surface area contributed by atoms with Gasteiger partial charge in [-0.25, -0.2) is 9.78 Å². The third-order valence-corrected chi connectivity index (χ3v) is 5.17. The van der Waals surface area contributed by atoms with E-state index in [9.17, 15) is 9.59 Å². The van der Waals surface area contributed by atoms with Crippen molar-refractivity contribution in [2.45, 2.75) is 13.0 Å². The summed E-state index contributed by atoms with van der Waals surface area (Å²) in [6.45, 7) is 3.29. The molecule has 3 aromatic rings. The minimum atomic E-state index is -0.521. The summed E-state index contributed by atoms with van der Waals surface area (Å²) in [7, 11) is 0. The Hall–Kier alpha value is -3.59. The molecule has 4 rings (SSSR count). The fourth-order valence-electron chi connectivity index (χ4n) is 3.42. The summed E-state index contributed by atoms with van der Waals surface area (Å²) in [6.07, 6.45) is 0.